The van der Waals surface area contributed by atoms with Crippen LogP contribution in [0.3, 0.4) is 0 Å². The number of aromatic amines is 1. The second-order valence-corrected chi connectivity index (χ2v) is 6.74. The number of hydrogen-bond donors (Lipinski definition) is 2. The minimum absolute atomic E-state index is 0.112. The van der Waals surface area contributed by atoms with Gasteiger partial charge in [0, 0.05) is 17.4 Å². The first-order valence-corrected chi connectivity index (χ1v) is 9.24. The zero-order valence-corrected chi connectivity index (χ0v) is 16.2. The van der Waals surface area contributed by atoms with E-state index in [9.17, 15) is 4.79 Å². The first-order chi connectivity index (χ1) is 13.6. The maximum absolute atomic E-state index is 12.8. The van der Waals surface area contributed by atoms with Crippen LogP contribution >= 0.6 is 0 Å². The highest BCUT2D eigenvalue weighted by atomic mass is 16.5. The summed E-state index contributed by atoms with van der Waals surface area (Å²) in [5, 5.41) is 2.99. The third-order valence-corrected chi connectivity index (χ3v) is 5.02. The van der Waals surface area contributed by atoms with Crippen LogP contribution in [0.4, 0.5) is 5.69 Å². The zero-order chi connectivity index (χ0) is 19.7. The number of carbonyl (C=O) groups excluding carboxylic acids is 1. The van der Waals surface area contributed by atoms with Crippen LogP contribution < -0.4 is 10.1 Å². The number of benzene rings is 2. The number of nitrogens with one attached hydrogen (secondary N) is 2. The molecule has 0 radical (unpaired) electrons. The summed E-state index contributed by atoms with van der Waals surface area (Å²) in [5.41, 5.74) is 7.64. The van der Waals surface area contributed by atoms with Gasteiger partial charge in [0.15, 0.2) is 0 Å². The third-order valence-electron chi connectivity index (χ3n) is 5.02. The van der Waals surface area contributed by atoms with E-state index < -0.39 is 0 Å². The van der Waals surface area contributed by atoms with Crippen molar-refractivity contribution in [3.63, 3.8) is 0 Å². The number of ether oxygens (including phenoxy) is 1. The van der Waals surface area contributed by atoms with E-state index in [0.29, 0.717) is 11.3 Å². The van der Waals surface area contributed by atoms with Crippen molar-refractivity contribution >= 4 is 29.3 Å². The molecule has 1 aliphatic rings. The molecule has 1 amide bonds. The van der Waals surface area contributed by atoms with Gasteiger partial charge < -0.3 is 15.0 Å². The van der Waals surface area contributed by atoms with E-state index >= 15 is 0 Å². The molecule has 2 N–H and O–H groups in total. The third kappa shape index (κ3) is 2.93. The number of rotatable bonds is 4. The van der Waals surface area contributed by atoms with Gasteiger partial charge in [0.1, 0.15) is 5.75 Å². The molecule has 0 saturated carbocycles. The molecular formula is C24H22N2O2. The Kier molecular flexibility index (Phi) is 4.62. The van der Waals surface area contributed by atoms with Gasteiger partial charge in [-0.3, -0.25) is 4.79 Å². The van der Waals surface area contributed by atoms with Crippen LogP contribution in [0.1, 0.15) is 29.3 Å². The molecule has 3 aromatic rings. The summed E-state index contributed by atoms with van der Waals surface area (Å²) in [6, 6.07) is 14.1. The Labute approximate surface area is 164 Å². The number of H-pyrrole nitrogens is 1. The van der Waals surface area contributed by atoms with Gasteiger partial charge in [-0.05, 0) is 54.3 Å². The zero-order valence-electron chi connectivity index (χ0n) is 16.2. The lowest BCUT2D eigenvalue weighted by atomic mass is 9.89. The highest BCUT2D eigenvalue weighted by Crippen LogP contribution is 2.42. The summed E-state index contributed by atoms with van der Waals surface area (Å²) in [5.74, 6) is 0.593. The van der Waals surface area contributed by atoms with E-state index in [1.807, 2.05) is 37.3 Å². The SMILES string of the molecule is C/C=C\c1c(C)cccc1-c1cccc2c1/C(=C/c1[nH]ccc1OC)C(=O)N2. The molecule has 2 aromatic carbocycles. The molecule has 140 valence electrons. The van der Waals surface area contributed by atoms with Crippen molar-refractivity contribution < 1.29 is 9.53 Å². The van der Waals surface area contributed by atoms with E-state index in [4.69, 9.17) is 4.74 Å². The molecule has 4 heteroatoms. The van der Waals surface area contributed by atoms with E-state index in [2.05, 4.69) is 47.6 Å². The highest BCUT2D eigenvalue weighted by Gasteiger charge is 2.28. The first-order valence-electron chi connectivity index (χ1n) is 9.24. The van der Waals surface area contributed by atoms with Crippen LogP contribution in [0.15, 0.2) is 54.7 Å². The maximum atomic E-state index is 12.8. The van der Waals surface area contributed by atoms with Crippen molar-refractivity contribution in [3.05, 3.63) is 77.1 Å². The Hall–Kier alpha value is -3.53. The predicted molar refractivity (Wildman–Crippen MR) is 115 cm³/mol. The summed E-state index contributed by atoms with van der Waals surface area (Å²) >= 11 is 0. The van der Waals surface area contributed by atoms with Crippen molar-refractivity contribution in [2.24, 2.45) is 0 Å². The van der Waals surface area contributed by atoms with Crippen molar-refractivity contribution in [2.75, 3.05) is 12.4 Å². The molecule has 28 heavy (non-hydrogen) atoms. The van der Waals surface area contributed by atoms with Gasteiger partial charge >= 0.3 is 0 Å². The lowest BCUT2D eigenvalue weighted by Gasteiger charge is -2.13. The predicted octanol–water partition coefficient (Wildman–Crippen LogP) is 5.52. The van der Waals surface area contributed by atoms with Crippen molar-refractivity contribution in [1.29, 1.82) is 0 Å². The van der Waals surface area contributed by atoms with E-state index in [1.54, 1.807) is 13.3 Å². The smallest absolute Gasteiger partial charge is 0.256 e. The summed E-state index contributed by atoms with van der Waals surface area (Å²) in [6.07, 6.45) is 7.81. The molecule has 0 unspecified atom stereocenters. The van der Waals surface area contributed by atoms with Crippen LogP contribution in [-0.4, -0.2) is 18.0 Å². The molecule has 4 rings (SSSR count). The molecule has 0 fully saturated rings. The molecule has 0 saturated heterocycles. The second kappa shape index (κ2) is 7.24. The largest absolute Gasteiger partial charge is 0.495 e. The molecule has 1 aliphatic heterocycles. The first kappa shape index (κ1) is 17.9. The fraction of sp³-hybridized carbons (Fsp3) is 0.125. The molecule has 1 aromatic heterocycles. The number of allylic oxidation sites excluding steroid dienone is 1. The standard InChI is InChI=1S/C24H22N2O2/c1-4-7-16-15(2)8-5-9-17(16)18-10-6-11-20-23(18)19(24(27)26-20)14-21-22(28-3)12-13-25-21/h4-14,25H,1-3H3,(H,26,27)/b7-4-,19-14-. The number of aryl methyl sites for hydroxylation is 1. The average Bonchev–Trinajstić information content (AvgIpc) is 3.27. The Morgan fingerprint density at radius 1 is 1.04 bits per heavy atom. The molecule has 0 atom stereocenters. The van der Waals surface area contributed by atoms with Crippen molar-refractivity contribution in [3.8, 4) is 16.9 Å². The highest BCUT2D eigenvalue weighted by molar-refractivity contribution is 6.36. The minimum Gasteiger partial charge on any atom is -0.495 e. The fourth-order valence-electron chi connectivity index (χ4n) is 3.72. The van der Waals surface area contributed by atoms with Gasteiger partial charge in [0.25, 0.3) is 5.91 Å². The Bertz CT molecular complexity index is 1120. The Balaban J connectivity index is 1.96. The number of amides is 1. The Morgan fingerprint density at radius 3 is 2.61 bits per heavy atom. The van der Waals surface area contributed by atoms with E-state index in [1.165, 1.54) is 5.56 Å². The van der Waals surface area contributed by atoms with Gasteiger partial charge in [-0.2, -0.15) is 0 Å². The summed E-state index contributed by atoms with van der Waals surface area (Å²) < 4.78 is 5.38. The normalized spacial score (nSPS) is 14.5. The number of aromatic nitrogens is 1. The van der Waals surface area contributed by atoms with Crippen LogP contribution in [0.2, 0.25) is 0 Å². The van der Waals surface area contributed by atoms with Gasteiger partial charge in [-0.15, -0.1) is 0 Å². The van der Waals surface area contributed by atoms with Gasteiger partial charge in [-0.25, -0.2) is 0 Å². The minimum atomic E-state index is -0.112. The average molecular weight is 370 g/mol. The molecular weight excluding hydrogens is 348 g/mol. The summed E-state index contributed by atoms with van der Waals surface area (Å²) in [6.45, 7) is 4.12. The van der Waals surface area contributed by atoms with Crippen molar-refractivity contribution in [1.82, 2.24) is 4.98 Å². The number of fused-ring (bicyclic) bond motifs is 1. The van der Waals surface area contributed by atoms with Gasteiger partial charge in [0.2, 0.25) is 0 Å². The fourth-order valence-corrected chi connectivity index (χ4v) is 3.72. The number of methoxy groups -OCH3 is 1. The summed E-state index contributed by atoms with van der Waals surface area (Å²) in [7, 11) is 1.62. The lowest BCUT2D eigenvalue weighted by Crippen LogP contribution is -2.03. The molecule has 0 aliphatic carbocycles. The number of carbonyl (C=O) groups is 1. The molecule has 2 heterocycles. The molecule has 4 nitrogen and oxygen atoms in total. The molecule has 0 bridgehead atoms. The van der Waals surface area contributed by atoms with Gasteiger partial charge in [0.05, 0.1) is 18.4 Å². The van der Waals surface area contributed by atoms with Crippen LogP contribution in [0, 0.1) is 6.92 Å². The maximum Gasteiger partial charge on any atom is 0.256 e. The van der Waals surface area contributed by atoms with E-state index in [-0.39, 0.29) is 5.91 Å². The number of anilines is 1. The lowest BCUT2D eigenvalue weighted by molar-refractivity contribution is -0.110. The Morgan fingerprint density at radius 2 is 1.82 bits per heavy atom. The van der Waals surface area contributed by atoms with Crippen LogP contribution in [0.5, 0.6) is 5.75 Å². The topological polar surface area (TPSA) is 54.1 Å². The molecule has 0 spiro atoms. The number of hydrogen-bond acceptors (Lipinski definition) is 2. The summed E-state index contributed by atoms with van der Waals surface area (Å²) in [4.78, 5) is 15.9. The van der Waals surface area contributed by atoms with Gasteiger partial charge in [-0.1, -0.05) is 42.5 Å². The van der Waals surface area contributed by atoms with Crippen LogP contribution in [-0.2, 0) is 4.79 Å². The monoisotopic (exact) mass is 370 g/mol. The quantitative estimate of drug-likeness (QED) is 0.594. The van der Waals surface area contributed by atoms with E-state index in [0.717, 1.165) is 33.6 Å². The second-order valence-electron chi connectivity index (χ2n) is 6.74. The van der Waals surface area contributed by atoms with Crippen molar-refractivity contribution in [2.45, 2.75) is 13.8 Å². The van der Waals surface area contributed by atoms with Crippen LogP contribution in [0.25, 0.3) is 28.9 Å².